The molecule has 0 saturated carbocycles. The van der Waals surface area contributed by atoms with Gasteiger partial charge in [0.05, 0.1) is 5.56 Å². The number of nitrogens with one attached hydrogen (secondary N) is 2. The molecule has 0 spiro atoms. The number of alkyl halides is 3. The van der Waals surface area contributed by atoms with Crippen molar-refractivity contribution < 1.29 is 22.7 Å². The first-order chi connectivity index (χ1) is 17.8. The van der Waals surface area contributed by atoms with Gasteiger partial charge in [0.2, 0.25) is 0 Å². The van der Waals surface area contributed by atoms with Gasteiger partial charge in [0.15, 0.2) is 0 Å². The molecular formula is C29H24F3N3O2. The van der Waals surface area contributed by atoms with Gasteiger partial charge in [-0.1, -0.05) is 66.7 Å². The fourth-order valence-electron chi connectivity index (χ4n) is 4.59. The van der Waals surface area contributed by atoms with Crippen LogP contribution in [0.15, 0.2) is 91.1 Å². The van der Waals surface area contributed by atoms with E-state index in [2.05, 4.69) is 15.0 Å². The molecule has 8 heteroatoms. The number of aromatic amines is 1. The molecule has 37 heavy (non-hydrogen) atoms. The zero-order valence-corrected chi connectivity index (χ0v) is 19.7. The average Bonchev–Trinajstić information content (AvgIpc) is 3.30. The number of H-pyrrole nitrogens is 1. The molecule has 5 aromatic rings. The van der Waals surface area contributed by atoms with Gasteiger partial charge in [-0.15, -0.1) is 13.2 Å². The Hall–Kier alpha value is -4.30. The summed E-state index contributed by atoms with van der Waals surface area (Å²) in [5.74, 6) is -1.27. The Labute approximate surface area is 211 Å². The van der Waals surface area contributed by atoms with Crippen LogP contribution in [0.3, 0.4) is 0 Å². The maximum Gasteiger partial charge on any atom is 0.573 e. The van der Waals surface area contributed by atoms with Gasteiger partial charge >= 0.3 is 6.36 Å². The lowest BCUT2D eigenvalue weighted by molar-refractivity contribution is -0.274. The van der Waals surface area contributed by atoms with E-state index < -0.39 is 24.1 Å². The third-order valence-corrected chi connectivity index (χ3v) is 6.31. The van der Waals surface area contributed by atoms with Crippen LogP contribution >= 0.6 is 0 Å². The third kappa shape index (κ3) is 5.29. The predicted molar refractivity (Wildman–Crippen MR) is 138 cm³/mol. The second kappa shape index (κ2) is 9.99. The number of carbonyl (C=O) groups is 1. The minimum atomic E-state index is -4.95. The number of para-hydroxylation sites is 1. The molecule has 0 bridgehead atoms. The second-order valence-electron chi connectivity index (χ2n) is 8.76. The van der Waals surface area contributed by atoms with Gasteiger partial charge in [-0.05, 0) is 52.1 Å². The summed E-state index contributed by atoms with van der Waals surface area (Å²) >= 11 is 0. The SMILES string of the molecule is NCC(Cc1c[nH]c2ccccc12)NC(=O)c1cc(-c2cccc3ccccc23)ccc1OC(F)(F)F. The van der Waals surface area contributed by atoms with E-state index >= 15 is 0 Å². The summed E-state index contributed by atoms with van der Waals surface area (Å²) in [5, 5.41) is 5.69. The van der Waals surface area contributed by atoms with Crippen LogP contribution in [-0.2, 0) is 6.42 Å². The van der Waals surface area contributed by atoms with Crippen molar-refractivity contribution in [3.8, 4) is 16.9 Å². The first-order valence-corrected chi connectivity index (χ1v) is 11.8. The molecule has 5 rings (SSSR count). The van der Waals surface area contributed by atoms with Crippen molar-refractivity contribution in [1.29, 1.82) is 0 Å². The van der Waals surface area contributed by atoms with Gasteiger partial charge in [0, 0.05) is 29.7 Å². The Morgan fingerprint density at radius 3 is 2.46 bits per heavy atom. The highest BCUT2D eigenvalue weighted by molar-refractivity contribution is 6.01. The van der Waals surface area contributed by atoms with Gasteiger partial charge in [-0.2, -0.15) is 0 Å². The van der Waals surface area contributed by atoms with E-state index in [0.717, 1.165) is 32.8 Å². The van der Waals surface area contributed by atoms with E-state index in [1.807, 2.05) is 72.9 Å². The summed E-state index contributed by atoms with van der Waals surface area (Å²) < 4.78 is 43.7. The summed E-state index contributed by atoms with van der Waals surface area (Å²) in [6, 6.07) is 24.7. The third-order valence-electron chi connectivity index (χ3n) is 6.31. The van der Waals surface area contributed by atoms with Crippen molar-refractivity contribution in [2.45, 2.75) is 18.8 Å². The molecule has 5 nitrogen and oxygen atoms in total. The summed E-state index contributed by atoms with van der Waals surface area (Å²) in [6.07, 6.45) is -2.70. The van der Waals surface area contributed by atoms with Crippen molar-refractivity contribution in [3.05, 3.63) is 102 Å². The van der Waals surface area contributed by atoms with Crippen LogP contribution in [-0.4, -0.2) is 29.8 Å². The highest BCUT2D eigenvalue weighted by atomic mass is 19.4. The van der Waals surface area contributed by atoms with E-state index in [9.17, 15) is 18.0 Å². The number of halogens is 3. The van der Waals surface area contributed by atoms with E-state index in [-0.39, 0.29) is 12.1 Å². The fourth-order valence-corrected chi connectivity index (χ4v) is 4.59. The largest absolute Gasteiger partial charge is 0.573 e. The van der Waals surface area contributed by atoms with Gasteiger partial charge in [-0.3, -0.25) is 4.79 Å². The van der Waals surface area contributed by atoms with Crippen LogP contribution < -0.4 is 15.8 Å². The number of hydrogen-bond donors (Lipinski definition) is 3. The number of nitrogens with two attached hydrogens (primary N) is 1. The number of ether oxygens (including phenoxy) is 1. The highest BCUT2D eigenvalue weighted by Crippen LogP contribution is 2.34. The Kier molecular flexibility index (Phi) is 6.58. The molecule has 1 atom stereocenters. The maximum absolute atomic E-state index is 13.3. The zero-order valence-electron chi connectivity index (χ0n) is 19.7. The topological polar surface area (TPSA) is 80.1 Å². The number of rotatable bonds is 7. The van der Waals surface area contributed by atoms with Crippen molar-refractivity contribution in [3.63, 3.8) is 0 Å². The van der Waals surface area contributed by atoms with Crippen molar-refractivity contribution in [2.75, 3.05) is 6.54 Å². The quantitative estimate of drug-likeness (QED) is 0.248. The second-order valence-corrected chi connectivity index (χ2v) is 8.76. The minimum Gasteiger partial charge on any atom is -0.405 e. The zero-order chi connectivity index (χ0) is 26.0. The summed E-state index contributed by atoms with van der Waals surface area (Å²) in [6.45, 7) is 0.101. The normalized spacial score (nSPS) is 12.5. The van der Waals surface area contributed by atoms with E-state index in [1.54, 1.807) is 0 Å². The van der Waals surface area contributed by atoms with Crippen LogP contribution in [0.25, 0.3) is 32.8 Å². The van der Waals surface area contributed by atoms with Crippen LogP contribution in [0.4, 0.5) is 13.2 Å². The Morgan fingerprint density at radius 2 is 1.68 bits per heavy atom. The first-order valence-electron chi connectivity index (χ1n) is 11.8. The summed E-state index contributed by atoms with van der Waals surface area (Å²) in [5.41, 5.74) is 9.01. The molecule has 4 N–H and O–H groups in total. The van der Waals surface area contributed by atoms with Gasteiger partial charge < -0.3 is 20.8 Å². The number of hydrogen-bond acceptors (Lipinski definition) is 3. The Bertz CT molecular complexity index is 1570. The number of fused-ring (bicyclic) bond motifs is 2. The van der Waals surface area contributed by atoms with Crippen LogP contribution in [0.2, 0.25) is 0 Å². The smallest absolute Gasteiger partial charge is 0.405 e. The van der Waals surface area contributed by atoms with Crippen LogP contribution in [0, 0.1) is 0 Å². The molecule has 188 valence electrons. The predicted octanol–water partition coefficient (Wildman–Crippen LogP) is 6.19. The van der Waals surface area contributed by atoms with Crippen LogP contribution in [0.1, 0.15) is 15.9 Å². The molecular weight excluding hydrogens is 479 g/mol. The molecule has 1 heterocycles. The lowest BCUT2D eigenvalue weighted by atomic mass is 9.96. The Balaban J connectivity index is 1.49. The molecule has 4 aromatic carbocycles. The van der Waals surface area contributed by atoms with Crippen molar-refractivity contribution in [2.24, 2.45) is 5.73 Å². The molecule has 1 unspecified atom stereocenters. The summed E-state index contributed by atoms with van der Waals surface area (Å²) in [4.78, 5) is 16.5. The summed E-state index contributed by atoms with van der Waals surface area (Å²) in [7, 11) is 0. The molecule has 0 radical (unpaired) electrons. The lowest BCUT2D eigenvalue weighted by Gasteiger charge is -2.19. The van der Waals surface area contributed by atoms with E-state index in [0.29, 0.717) is 12.0 Å². The first kappa shape index (κ1) is 24.4. The monoisotopic (exact) mass is 503 g/mol. The highest BCUT2D eigenvalue weighted by Gasteiger charge is 2.33. The molecule has 0 fully saturated rings. The molecule has 1 aromatic heterocycles. The Morgan fingerprint density at radius 1 is 0.946 bits per heavy atom. The van der Waals surface area contributed by atoms with E-state index in [1.165, 1.54) is 18.2 Å². The van der Waals surface area contributed by atoms with Gasteiger partial charge in [0.25, 0.3) is 5.91 Å². The molecule has 0 aliphatic carbocycles. The van der Waals surface area contributed by atoms with Crippen molar-refractivity contribution >= 4 is 27.6 Å². The lowest BCUT2D eigenvalue weighted by Crippen LogP contribution is -2.42. The number of amides is 1. The fraction of sp³-hybridized carbons (Fsp3) is 0.138. The van der Waals surface area contributed by atoms with Gasteiger partial charge in [-0.25, -0.2) is 0 Å². The molecule has 0 aliphatic rings. The van der Waals surface area contributed by atoms with Crippen LogP contribution in [0.5, 0.6) is 5.75 Å². The number of carbonyl (C=O) groups excluding carboxylic acids is 1. The van der Waals surface area contributed by atoms with E-state index in [4.69, 9.17) is 5.73 Å². The molecule has 1 amide bonds. The van der Waals surface area contributed by atoms with Gasteiger partial charge in [0.1, 0.15) is 5.75 Å². The average molecular weight is 504 g/mol. The maximum atomic E-state index is 13.3. The standard InChI is InChI=1S/C29H24F3N3O2/c30-29(31,32)37-27-13-12-19(23-10-5-7-18-6-1-2-8-22(18)23)15-25(27)28(36)35-21(16-33)14-20-17-34-26-11-4-3-9-24(20)26/h1-13,15,17,21,34H,14,16,33H2,(H,35,36). The number of benzene rings is 4. The van der Waals surface area contributed by atoms with Crippen molar-refractivity contribution in [1.82, 2.24) is 10.3 Å². The molecule has 0 aliphatic heterocycles. The number of aromatic nitrogens is 1. The minimum absolute atomic E-state index is 0.101. The molecule has 0 saturated heterocycles.